The molecule has 0 aromatic heterocycles. The Balaban J connectivity index is 1.87. The Hall–Kier alpha value is -0.870. The van der Waals surface area contributed by atoms with Gasteiger partial charge in [-0.2, -0.15) is 0 Å². The average molecular weight is 210 g/mol. The second-order valence-electron chi connectivity index (χ2n) is 3.78. The van der Waals surface area contributed by atoms with E-state index in [9.17, 15) is 0 Å². The standard InChI is InChI=1S/C11H22N4/c12-4-3-6-13-5-1-2-9-15-10-7-14-8-11-15/h3-4,6,12-14H,1-2,5,7-11H2/b6-3-,12-4?. The van der Waals surface area contributed by atoms with Crippen molar-refractivity contribution >= 4 is 6.21 Å². The summed E-state index contributed by atoms with van der Waals surface area (Å²) in [6.45, 7) is 6.90. The first-order valence-corrected chi connectivity index (χ1v) is 5.75. The second kappa shape index (κ2) is 8.44. The normalized spacial score (nSPS) is 18.1. The van der Waals surface area contributed by atoms with E-state index in [-0.39, 0.29) is 0 Å². The highest BCUT2D eigenvalue weighted by molar-refractivity contribution is 5.67. The lowest BCUT2D eigenvalue weighted by Gasteiger charge is -2.26. The molecule has 1 heterocycles. The van der Waals surface area contributed by atoms with E-state index < -0.39 is 0 Å². The molecule has 4 heteroatoms. The maximum atomic E-state index is 6.79. The van der Waals surface area contributed by atoms with E-state index in [0.29, 0.717) is 0 Å². The monoisotopic (exact) mass is 210 g/mol. The Morgan fingerprint density at radius 1 is 1.27 bits per heavy atom. The number of allylic oxidation sites excluding steroid dienone is 1. The van der Waals surface area contributed by atoms with Crippen molar-refractivity contribution in [2.24, 2.45) is 0 Å². The minimum absolute atomic E-state index is 1.01. The minimum Gasteiger partial charge on any atom is -0.391 e. The molecule has 1 saturated heterocycles. The van der Waals surface area contributed by atoms with Crippen LogP contribution in [0.2, 0.25) is 0 Å². The van der Waals surface area contributed by atoms with Crippen LogP contribution in [0.25, 0.3) is 0 Å². The maximum absolute atomic E-state index is 6.79. The lowest BCUT2D eigenvalue weighted by molar-refractivity contribution is 0.237. The van der Waals surface area contributed by atoms with Gasteiger partial charge in [-0.25, -0.2) is 0 Å². The highest BCUT2D eigenvalue weighted by Crippen LogP contribution is 1.96. The molecular weight excluding hydrogens is 188 g/mol. The van der Waals surface area contributed by atoms with Crippen molar-refractivity contribution in [3.8, 4) is 0 Å². The molecule has 3 N–H and O–H groups in total. The molecular formula is C11H22N4. The van der Waals surface area contributed by atoms with Gasteiger partial charge >= 0.3 is 0 Å². The Bertz CT molecular complexity index is 185. The molecule has 0 unspecified atom stereocenters. The molecule has 0 radical (unpaired) electrons. The Labute approximate surface area is 92.2 Å². The molecule has 0 spiro atoms. The topological polar surface area (TPSA) is 51.2 Å². The van der Waals surface area contributed by atoms with E-state index in [0.717, 1.165) is 19.6 Å². The lowest BCUT2D eigenvalue weighted by Crippen LogP contribution is -2.43. The van der Waals surface area contributed by atoms with Gasteiger partial charge in [0.25, 0.3) is 0 Å². The van der Waals surface area contributed by atoms with Crippen LogP contribution in [0.1, 0.15) is 12.8 Å². The van der Waals surface area contributed by atoms with E-state index >= 15 is 0 Å². The summed E-state index contributed by atoms with van der Waals surface area (Å²) in [6, 6.07) is 0. The molecule has 1 fully saturated rings. The lowest BCUT2D eigenvalue weighted by atomic mass is 10.2. The largest absolute Gasteiger partial charge is 0.391 e. The molecule has 0 aromatic carbocycles. The van der Waals surface area contributed by atoms with Gasteiger partial charge in [0.15, 0.2) is 0 Å². The molecule has 1 aliphatic rings. The van der Waals surface area contributed by atoms with Crippen LogP contribution in [0.4, 0.5) is 0 Å². The van der Waals surface area contributed by atoms with Gasteiger partial charge < -0.3 is 20.9 Å². The number of hydrogen-bond donors (Lipinski definition) is 3. The molecule has 0 saturated carbocycles. The quantitative estimate of drug-likeness (QED) is 0.422. The zero-order chi connectivity index (χ0) is 10.8. The summed E-state index contributed by atoms with van der Waals surface area (Å²) in [5, 5.41) is 13.3. The van der Waals surface area contributed by atoms with E-state index in [1.807, 2.05) is 6.20 Å². The summed E-state index contributed by atoms with van der Waals surface area (Å²) in [6.07, 6.45) is 7.28. The molecule has 0 aliphatic carbocycles. The molecule has 0 amide bonds. The summed E-state index contributed by atoms with van der Waals surface area (Å²) in [4.78, 5) is 2.52. The molecule has 4 nitrogen and oxygen atoms in total. The number of hydrogen-bond acceptors (Lipinski definition) is 4. The Kier molecular flexibility index (Phi) is 6.86. The first-order valence-electron chi connectivity index (χ1n) is 5.75. The number of nitrogens with zero attached hydrogens (tertiary/aromatic N) is 1. The van der Waals surface area contributed by atoms with E-state index in [1.54, 1.807) is 6.08 Å². The molecule has 0 bridgehead atoms. The minimum atomic E-state index is 1.01. The van der Waals surface area contributed by atoms with Gasteiger partial charge in [-0.3, -0.25) is 0 Å². The fourth-order valence-electron chi connectivity index (χ4n) is 1.70. The highest BCUT2D eigenvalue weighted by atomic mass is 15.2. The second-order valence-corrected chi connectivity index (χ2v) is 3.78. The average Bonchev–Trinajstić information content (AvgIpc) is 2.29. The van der Waals surface area contributed by atoms with E-state index in [2.05, 4.69) is 15.5 Å². The van der Waals surface area contributed by atoms with E-state index in [4.69, 9.17) is 5.41 Å². The molecule has 86 valence electrons. The van der Waals surface area contributed by atoms with Gasteiger partial charge in [0.2, 0.25) is 0 Å². The summed E-state index contributed by atoms with van der Waals surface area (Å²) in [7, 11) is 0. The molecule has 1 rings (SSSR count). The van der Waals surface area contributed by atoms with Crippen molar-refractivity contribution in [2.75, 3.05) is 39.3 Å². The van der Waals surface area contributed by atoms with Gasteiger partial charge in [0, 0.05) is 38.9 Å². The fourth-order valence-corrected chi connectivity index (χ4v) is 1.70. The van der Waals surface area contributed by atoms with Gasteiger partial charge in [-0.1, -0.05) is 0 Å². The highest BCUT2D eigenvalue weighted by Gasteiger charge is 2.07. The van der Waals surface area contributed by atoms with Crippen molar-refractivity contribution in [1.29, 1.82) is 5.41 Å². The van der Waals surface area contributed by atoms with Crippen molar-refractivity contribution < 1.29 is 0 Å². The SMILES string of the molecule is N=C/C=C\NCCCCN1CCNCC1. The van der Waals surface area contributed by atoms with Crippen LogP contribution in [0.15, 0.2) is 12.3 Å². The van der Waals surface area contributed by atoms with Gasteiger partial charge in [0.05, 0.1) is 0 Å². The molecule has 15 heavy (non-hydrogen) atoms. The third-order valence-corrected chi connectivity index (χ3v) is 2.57. The number of rotatable bonds is 7. The van der Waals surface area contributed by atoms with Crippen LogP contribution in [-0.2, 0) is 0 Å². The number of nitrogens with one attached hydrogen (secondary N) is 3. The van der Waals surface area contributed by atoms with Crippen LogP contribution < -0.4 is 10.6 Å². The summed E-state index contributed by atoms with van der Waals surface area (Å²) in [5.41, 5.74) is 0. The van der Waals surface area contributed by atoms with E-state index in [1.165, 1.54) is 38.7 Å². The van der Waals surface area contributed by atoms with Gasteiger partial charge in [-0.15, -0.1) is 0 Å². The van der Waals surface area contributed by atoms with Gasteiger partial charge in [0.1, 0.15) is 0 Å². The van der Waals surface area contributed by atoms with Crippen LogP contribution in [0.5, 0.6) is 0 Å². The van der Waals surface area contributed by atoms with Crippen LogP contribution in [0.3, 0.4) is 0 Å². The Morgan fingerprint density at radius 2 is 2.07 bits per heavy atom. The van der Waals surface area contributed by atoms with Crippen molar-refractivity contribution in [3.63, 3.8) is 0 Å². The summed E-state index contributed by atoms with van der Waals surface area (Å²) >= 11 is 0. The molecule has 0 aromatic rings. The first kappa shape index (κ1) is 12.2. The summed E-state index contributed by atoms with van der Waals surface area (Å²) in [5.74, 6) is 0. The first-order chi connectivity index (χ1) is 7.43. The zero-order valence-corrected chi connectivity index (χ0v) is 9.34. The fraction of sp³-hybridized carbons (Fsp3) is 0.727. The maximum Gasteiger partial charge on any atom is 0.0192 e. The van der Waals surface area contributed by atoms with Crippen LogP contribution >= 0.6 is 0 Å². The predicted molar refractivity (Wildman–Crippen MR) is 64.5 cm³/mol. The van der Waals surface area contributed by atoms with Crippen LogP contribution in [-0.4, -0.2) is 50.4 Å². The predicted octanol–water partition coefficient (Wildman–Crippen LogP) is 0.425. The van der Waals surface area contributed by atoms with Crippen molar-refractivity contribution in [2.45, 2.75) is 12.8 Å². The third-order valence-electron chi connectivity index (χ3n) is 2.57. The third kappa shape index (κ3) is 6.25. The zero-order valence-electron chi connectivity index (χ0n) is 9.34. The smallest absolute Gasteiger partial charge is 0.0192 e. The number of piperazine rings is 1. The van der Waals surface area contributed by atoms with Crippen LogP contribution in [0, 0.1) is 5.41 Å². The number of unbranched alkanes of at least 4 members (excludes halogenated alkanes) is 1. The van der Waals surface area contributed by atoms with Gasteiger partial charge in [-0.05, 0) is 31.7 Å². The van der Waals surface area contributed by atoms with Crippen molar-refractivity contribution in [1.82, 2.24) is 15.5 Å². The van der Waals surface area contributed by atoms with Crippen molar-refractivity contribution in [3.05, 3.63) is 12.3 Å². The summed E-state index contributed by atoms with van der Waals surface area (Å²) < 4.78 is 0. The molecule has 1 aliphatic heterocycles. The Morgan fingerprint density at radius 3 is 2.80 bits per heavy atom. The molecule has 0 atom stereocenters.